The van der Waals surface area contributed by atoms with Crippen LogP contribution in [0.4, 0.5) is 0 Å². The summed E-state index contributed by atoms with van der Waals surface area (Å²) in [4.78, 5) is 11.6. The van der Waals surface area contributed by atoms with E-state index in [9.17, 15) is 4.79 Å². The van der Waals surface area contributed by atoms with E-state index in [0.717, 1.165) is 6.42 Å². The van der Waals surface area contributed by atoms with Crippen molar-refractivity contribution in [2.45, 2.75) is 53.0 Å². The molecule has 0 aromatic heterocycles. The van der Waals surface area contributed by atoms with Crippen LogP contribution in [0, 0.1) is 11.8 Å². The Kier molecular flexibility index (Phi) is 8.94. The molecule has 0 radical (unpaired) electrons. The largest absolute Gasteiger partial charge is 0.354 e. The lowest BCUT2D eigenvalue weighted by atomic mass is 9.90. The van der Waals surface area contributed by atoms with Gasteiger partial charge in [-0.3, -0.25) is 4.79 Å². The third kappa shape index (κ3) is 8.98. The number of carbonyl (C=O) groups excluding carboxylic acids is 1. The summed E-state index contributed by atoms with van der Waals surface area (Å²) < 4.78 is 0. The molecule has 0 aromatic carbocycles. The Labute approximate surface area is 106 Å². The summed E-state index contributed by atoms with van der Waals surface area (Å²) >= 11 is 0. The molecule has 98 valence electrons. The maximum atomic E-state index is 11.6. The first-order valence-corrected chi connectivity index (χ1v) is 5.82. The topological polar surface area (TPSA) is 55.1 Å². The summed E-state index contributed by atoms with van der Waals surface area (Å²) in [5.41, 5.74) is 5.47. The number of rotatable bonds is 6. The molecule has 16 heavy (non-hydrogen) atoms. The first-order valence-electron chi connectivity index (χ1n) is 5.82. The van der Waals surface area contributed by atoms with Crippen molar-refractivity contribution in [3.05, 3.63) is 0 Å². The maximum absolute atomic E-state index is 11.6. The van der Waals surface area contributed by atoms with Crippen molar-refractivity contribution in [1.82, 2.24) is 5.32 Å². The predicted octanol–water partition coefficient (Wildman–Crippen LogP) is 2.33. The number of hydrogen-bond acceptors (Lipinski definition) is 2. The average Bonchev–Trinajstić information content (AvgIpc) is 2.09. The molecular weight excluding hydrogens is 224 g/mol. The van der Waals surface area contributed by atoms with Gasteiger partial charge in [0.25, 0.3) is 0 Å². The Morgan fingerprint density at radius 1 is 1.38 bits per heavy atom. The van der Waals surface area contributed by atoms with Gasteiger partial charge in [0.15, 0.2) is 0 Å². The van der Waals surface area contributed by atoms with Gasteiger partial charge < -0.3 is 11.1 Å². The molecule has 0 fully saturated rings. The van der Waals surface area contributed by atoms with E-state index in [1.54, 1.807) is 0 Å². The predicted molar refractivity (Wildman–Crippen MR) is 71.8 cm³/mol. The molecule has 1 amide bonds. The standard InChI is InChI=1S/C12H26N2O.ClH/c1-6-10(9(2)3)7-11(15)14-8-12(4,5)13;/h9-10H,6-8,13H2,1-5H3,(H,14,15);1H. The van der Waals surface area contributed by atoms with Crippen molar-refractivity contribution >= 4 is 18.3 Å². The first kappa shape index (κ1) is 18.1. The summed E-state index contributed by atoms with van der Waals surface area (Å²) in [6.45, 7) is 10.8. The van der Waals surface area contributed by atoms with E-state index >= 15 is 0 Å². The fourth-order valence-electron chi connectivity index (χ4n) is 1.49. The Balaban J connectivity index is 0. The van der Waals surface area contributed by atoms with E-state index < -0.39 is 0 Å². The molecule has 4 heteroatoms. The molecule has 0 bridgehead atoms. The lowest BCUT2D eigenvalue weighted by molar-refractivity contribution is -0.122. The fourth-order valence-corrected chi connectivity index (χ4v) is 1.49. The van der Waals surface area contributed by atoms with Crippen LogP contribution in [0.25, 0.3) is 0 Å². The van der Waals surface area contributed by atoms with Crippen molar-refractivity contribution < 1.29 is 4.79 Å². The molecule has 0 heterocycles. The van der Waals surface area contributed by atoms with Gasteiger partial charge in [-0.15, -0.1) is 12.4 Å². The van der Waals surface area contributed by atoms with Crippen molar-refractivity contribution in [3.8, 4) is 0 Å². The molecule has 1 unspecified atom stereocenters. The Morgan fingerprint density at radius 2 is 1.88 bits per heavy atom. The first-order chi connectivity index (χ1) is 6.76. The molecule has 0 saturated heterocycles. The number of nitrogens with one attached hydrogen (secondary N) is 1. The Bertz CT molecular complexity index is 200. The van der Waals surface area contributed by atoms with Crippen LogP contribution in [0.2, 0.25) is 0 Å². The zero-order valence-electron chi connectivity index (χ0n) is 11.2. The molecule has 0 spiro atoms. The van der Waals surface area contributed by atoms with Crippen LogP contribution < -0.4 is 11.1 Å². The van der Waals surface area contributed by atoms with Gasteiger partial charge in [-0.1, -0.05) is 27.2 Å². The van der Waals surface area contributed by atoms with E-state index in [0.29, 0.717) is 24.8 Å². The van der Waals surface area contributed by atoms with Crippen molar-refractivity contribution in [1.29, 1.82) is 0 Å². The molecule has 0 aliphatic heterocycles. The molecule has 0 aliphatic rings. The third-order valence-electron chi connectivity index (χ3n) is 2.66. The van der Waals surface area contributed by atoms with Crippen LogP contribution in [-0.2, 0) is 4.79 Å². The monoisotopic (exact) mass is 250 g/mol. The smallest absolute Gasteiger partial charge is 0.220 e. The highest BCUT2D eigenvalue weighted by Gasteiger charge is 2.17. The summed E-state index contributed by atoms with van der Waals surface area (Å²) in [5.74, 6) is 1.16. The van der Waals surface area contributed by atoms with Gasteiger partial charge in [0.05, 0.1) is 0 Å². The number of amides is 1. The lowest BCUT2D eigenvalue weighted by Gasteiger charge is -2.22. The van der Waals surface area contributed by atoms with Crippen molar-refractivity contribution in [2.75, 3.05) is 6.54 Å². The number of nitrogens with two attached hydrogens (primary N) is 1. The molecule has 3 nitrogen and oxygen atoms in total. The summed E-state index contributed by atoms with van der Waals surface area (Å²) in [7, 11) is 0. The van der Waals surface area contributed by atoms with Crippen LogP contribution >= 0.6 is 12.4 Å². The number of carbonyl (C=O) groups is 1. The normalized spacial score (nSPS) is 13.2. The lowest BCUT2D eigenvalue weighted by Crippen LogP contribution is -2.45. The van der Waals surface area contributed by atoms with Gasteiger partial charge >= 0.3 is 0 Å². The van der Waals surface area contributed by atoms with Crippen LogP contribution in [0.5, 0.6) is 0 Å². The molecular formula is C12H27ClN2O. The third-order valence-corrected chi connectivity index (χ3v) is 2.66. The second-order valence-electron chi connectivity index (χ2n) is 5.38. The molecule has 0 aliphatic carbocycles. The molecule has 0 rings (SSSR count). The molecule has 0 aromatic rings. The van der Waals surface area contributed by atoms with Gasteiger partial charge in [0.1, 0.15) is 0 Å². The summed E-state index contributed by atoms with van der Waals surface area (Å²) in [6, 6.07) is 0. The molecule has 3 N–H and O–H groups in total. The quantitative estimate of drug-likeness (QED) is 0.760. The van der Waals surface area contributed by atoms with E-state index in [1.165, 1.54) is 0 Å². The van der Waals surface area contributed by atoms with Gasteiger partial charge in [-0.2, -0.15) is 0 Å². The van der Waals surface area contributed by atoms with E-state index in [-0.39, 0.29) is 23.9 Å². The zero-order valence-corrected chi connectivity index (χ0v) is 12.0. The van der Waals surface area contributed by atoms with Gasteiger partial charge in [0, 0.05) is 18.5 Å². The maximum Gasteiger partial charge on any atom is 0.220 e. The Morgan fingerprint density at radius 3 is 2.19 bits per heavy atom. The fraction of sp³-hybridized carbons (Fsp3) is 0.917. The zero-order chi connectivity index (χ0) is 12.1. The minimum Gasteiger partial charge on any atom is -0.354 e. The van der Waals surface area contributed by atoms with Crippen LogP contribution in [0.3, 0.4) is 0 Å². The highest BCUT2D eigenvalue weighted by molar-refractivity contribution is 5.85. The van der Waals surface area contributed by atoms with Crippen LogP contribution in [0.15, 0.2) is 0 Å². The second-order valence-corrected chi connectivity index (χ2v) is 5.38. The molecule has 1 atom stereocenters. The average molecular weight is 251 g/mol. The van der Waals surface area contributed by atoms with Crippen LogP contribution in [-0.4, -0.2) is 18.0 Å². The Hall–Kier alpha value is -0.280. The SMILES string of the molecule is CCC(CC(=O)NCC(C)(C)N)C(C)C.Cl. The minimum absolute atomic E-state index is 0. The van der Waals surface area contributed by atoms with Gasteiger partial charge in [-0.05, 0) is 25.7 Å². The van der Waals surface area contributed by atoms with E-state index in [4.69, 9.17) is 5.73 Å². The summed E-state index contributed by atoms with van der Waals surface area (Å²) in [5, 5.41) is 2.88. The van der Waals surface area contributed by atoms with E-state index in [2.05, 4.69) is 26.1 Å². The highest BCUT2D eigenvalue weighted by Crippen LogP contribution is 2.18. The summed E-state index contributed by atoms with van der Waals surface area (Å²) in [6.07, 6.45) is 1.67. The second kappa shape index (κ2) is 7.91. The van der Waals surface area contributed by atoms with E-state index in [1.807, 2.05) is 13.8 Å². The van der Waals surface area contributed by atoms with Crippen LogP contribution in [0.1, 0.15) is 47.5 Å². The highest BCUT2D eigenvalue weighted by atomic mass is 35.5. The number of hydrogen-bond donors (Lipinski definition) is 2. The number of halogens is 1. The minimum atomic E-state index is -0.324. The molecule has 0 saturated carbocycles. The van der Waals surface area contributed by atoms with Crippen molar-refractivity contribution in [3.63, 3.8) is 0 Å². The van der Waals surface area contributed by atoms with Gasteiger partial charge in [0.2, 0.25) is 5.91 Å². The van der Waals surface area contributed by atoms with Crippen molar-refractivity contribution in [2.24, 2.45) is 17.6 Å². The van der Waals surface area contributed by atoms with Gasteiger partial charge in [-0.25, -0.2) is 0 Å².